The Hall–Kier alpha value is -2.73. The van der Waals surface area contributed by atoms with E-state index in [-0.39, 0.29) is 0 Å². The average Bonchev–Trinajstić information content (AvgIpc) is 2.99. The summed E-state index contributed by atoms with van der Waals surface area (Å²) in [5.41, 5.74) is 5.30. The van der Waals surface area contributed by atoms with Gasteiger partial charge in [0.15, 0.2) is 0 Å². The van der Waals surface area contributed by atoms with E-state index in [1.807, 2.05) is 12.4 Å². The molecule has 1 saturated carbocycles. The molecule has 0 radical (unpaired) electrons. The van der Waals surface area contributed by atoms with Gasteiger partial charge in [0.05, 0.1) is 11.3 Å². The molecule has 4 rings (SSSR count). The molecular formula is C23H25N3. The molecule has 2 aromatic heterocycles. The van der Waals surface area contributed by atoms with Crippen molar-refractivity contribution < 1.29 is 0 Å². The molecule has 1 fully saturated rings. The summed E-state index contributed by atoms with van der Waals surface area (Å²) in [5.74, 6) is 6.64. The highest BCUT2D eigenvalue weighted by Crippen LogP contribution is 2.28. The minimum Gasteiger partial charge on any atom is -0.381 e. The molecular weight excluding hydrogens is 318 g/mol. The lowest BCUT2D eigenvalue weighted by Crippen LogP contribution is -2.19. The molecule has 0 unspecified atom stereocenters. The van der Waals surface area contributed by atoms with E-state index in [1.54, 1.807) is 0 Å². The lowest BCUT2D eigenvalue weighted by Gasteiger charge is -2.19. The first-order valence-corrected chi connectivity index (χ1v) is 9.61. The summed E-state index contributed by atoms with van der Waals surface area (Å²) < 4.78 is 0. The minimum absolute atomic E-state index is 0.526. The zero-order valence-electron chi connectivity index (χ0n) is 15.3. The molecule has 0 amide bonds. The first kappa shape index (κ1) is 16.7. The van der Waals surface area contributed by atoms with Crippen LogP contribution in [0.5, 0.6) is 0 Å². The highest BCUT2D eigenvalue weighted by molar-refractivity contribution is 5.92. The molecule has 0 bridgehead atoms. The highest BCUT2D eigenvalue weighted by atomic mass is 14.9. The Labute approximate surface area is 155 Å². The van der Waals surface area contributed by atoms with E-state index in [1.165, 1.54) is 44.1 Å². The molecule has 3 aromatic rings. The van der Waals surface area contributed by atoms with Crippen molar-refractivity contribution in [2.45, 2.75) is 51.5 Å². The molecule has 3 heteroatoms. The summed E-state index contributed by atoms with van der Waals surface area (Å²) >= 11 is 0. The molecule has 0 spiro atoms. The topological polar surface area (TPSA) is 40.7 Å². The smallest absolute Gasteiger partial charge is 0.139 e. The summed E-state index contributed by atoms with van der Waals surface area (Å²) in [7, 11) is 0. The van der Waals surface area contributed by atoms with Crippen LogP contribution in [0.2, 0.25) is 0 Å². The number of hydrogen-bond donors (Lipinski definition) is 2. The monoisotopic (exact) mass is 343 g/mol. The second-order valence-electron chi connectivity index (χ2n) is 7.24. The predicted octanol–water partition coefficient (Wildman–Crippen LogP) is 5.41. The van der Waals surface area contributed by atoms with Gasteiger partial charge in [0.1, 0.15) is 5.65 Å². The van der Waals surface area contributed by atoms with E-state index < -0.39 is 0 Å². The quantitative estimate of drug-likeness (QED) is 0.483. The Morgan fingerprint density at radius 2 is 1.77 bits per heavy atom. The largest absolute Gasteiger partial charge is 0.381 e. The van der Waals surface area contributed by atoms with Gasteiger partial charge in [-0.25, -0.2) is 4.98 Å². The second-order valence-corrected chi connectivity index (χ2v) is 7.24. The SMILES string of the molecule is Cc1ccc(C#Cc2cnc3[nH]ccc3c2NC2CCCCCC2)cc1. The number of benzene rings is 1. The zero-order chi connectivity index (χ0) is 17.8. The van der Waals surface area contributed by atoms with Crippen LogP contribution in [0.1, 0.15) is 55.2 Å². The van der Waals surface area contributed by atoms with Crippen molar-refractivity contribution in [1.82, 2.24) is 9.97 Å². The number of anilines is 1. The van der Waals surface area contributed by atoms with Crippen LogP contribution in [-0.4, -0.2) is 16.0 Å². The van der Waals surface area contributed by atoms with Crippen molar-refractivity contribution in [2.75, 3.05) is 5.32 Å². The first-order valence-electron chi connectivity index (χ1n) is 9.61. The van der Waals surface area contributed by atoms with E-state index in [0.29, 0.717) is 6.04 Å². The van der Waals surface area contributed by atoms with Gasteiger partial charge >= 0.3 is 0 Å². The van der Waals surface area contributed by atoms with Crippen molar-refractivity contribution in [3.8, 4) is 11.8 Å². The van der Waals surface area contributed by atoms with E-state index in [4.69, 9.17) is 0 Å². The lowest BCUT2D eigenvalue weighted by molar-refractivity contribution is 0.620. The third kappa shape index (κ3) is 3.75. The van der Waals surface area contributed by atoms with Crippen molar-refractivity contribution in [1.29, 1.82) is 0 Å². The first-order chi connectivity index (χ1) is 12.8. The maximum atomic E-state index is 4.54. The number of aromatic nitrogens is 2. The number of H-pyrrole nitrogens is 1. The van der Waals surface area contributed by atoms with Crippen molar-refractivity contribution >= 4 is 16.7 Å². The normalized spacial score (nSPS) is 15.3. The van der Waals surface area contributed by atoms with E-state index in [2.05, 4.69) is 64.4 Å². The van der Waals surface area contributed by atoms with Gasteiger partial charge in [-0.15, -0.1) is 0 Å². The molecule has 2 heterocycles. The van der Waals surface area contributed by atoms with Crippen molar-refractivity contribution in [3.63, 3.8) is 0 Å². The summed E-state index contributed by atoms with van der Waals surface area (Å²) in [6, 6.07) is 11.0. The van der Waals surface area contributed by atoms with Crippen LogP contribution in [0.15, 0.2) is 42.7 Å². The van der Waals surface area contributed by atoms with Crippen LogP contribution < -0.4 is 5.32 Å². The lowest BCUT2D eigenvalue weighted by atomic mass is 10.1. The van der Waals surface area contributed by atoms with E-state index in [0.717, 1.165) is 27.8 Å². The maximum Gasteiger partial charge on any atom is 0.139 e. The molecule has 2 N–H and O–H groups in total. The number of hydrogen-bond acceptors (Lipinski definition) is 2. The number of nitrogens with one attached hydrogen (secondary N) is 2. The summed E-state index contributed by atoms with van der Waals surface area (Å²) in [5, 5.41) is 4.93. The molecule has 26 heavy (non-hydrogen) atoms. The van der Waals surface area contributed by atoms with Gasteiger partial charge in [-0.05, 0) is 38.0 Å². The highest BCUT2D eigenvalue weighted by Gasteiger charge is 2.16. The summed E-state index contributed by atoms with van der Waals surface area (Å²) in [6.07, 6.45) is 11.6. The summed E-state index contributed by atoms with van der Waals surface area (Å²) in [6.45, 7) is 2.09. The fourth-order valence-electron chi connectivity index (χ4n) is 3.66. The van der Waals surface area contributed by atoms with Gasteiger partial charge in [0, 0.05) is 29.4 Å². The summed E-state index contributed by atoms with van der Waals surface area (Å²) in [4.78, 5) is 7.76. The van der Waals surface area contributed by atoms with E-state index in [9.17, 15) is 0 Å². The van der Waals surface area contributed by atoms with Gasteiger partial charge in [-0.1, -0.05) is 55.2 Å². The number of rotatable bonds is 2. The van der Waals surface area contributed by atoms with Crippen molar-refractivity contribution in [2.24, 2.45) is 0 Å². The average molecular weight is 343 g/mol. The minimum atomic E-state index is 0.526. The van der Waals surface area contributed by atoms with Gasteiger partial charge < -0.3 is 10.3 Å². The molecule has 1 aromatic carbocycles. The van der Waals surface area contributed by atoms with Gasteiger partial charge in [0.25, 0.3) is 0 Å². The molecule has 0 saturated heterocycles. The van der Waals surface area contributed by atoms with Gasteiger partial charge in [0.2, 0.25) is 0 Å². The maximum absolute atomic E-state index is 4.54. The number of aromatic amines is 1. The molecule has 3 nitrogen and oxygen atoms in total. The third-order valence-electron chi connectivity index (χ3n) is 5.18. The Balaban J connectivity index is 1.68. The van der Waals surface area contributed by atoms with Crippen LogP contribution >= 0.6 is 0 Å². The Bertz CT molecular complexity index is 933. The molecule has 1 aliphatic carbocycles. The molecule has 0 atom stereocenters. The number of pyridine rings is 1. The number of aryl methyl sites for hydroxylation is 1. The zero-order valence-corrected chi connectivity index (χ0v) is 15.3. The Morgan fingerprint density at radius 1 is 1.00 bits per heavy atom. The molecule has 132 valence electrons. The van der Waals surface area contributed by atoms with Crippen LogP contribution in [0.25, 0.3) is 11.0 Å². The van der Waals surface area contributed by atoms with E-state index >= 15 is 0 Å². The Kier molecular flexibility index (Phi) is 4.93. The molecule has 1 aliphatic rings. The Morgan fingerprint density at radius 3 is 2.54 bits per heavy atom. The van der Waals surface area contributed by atoms with Gasteiger partial charge in [-0.2, -0.15) is 0 Å². The van der Waals surface area contributed by atoms with Gasteiger partial charge in [-0.3, -0.25) is 0 Å². The fraction of sp³-hybridized carbons (Fsp3) is 0.348. The third-order valence-corrected chi connectivity index (χ3v) is 5.18. The molecule has 0 aliphatic heterocycles. The predicted molar refractivity (Wildman–Crippen MR) is 108 cm³/mol. The van der Waals surface area contributed by atoms with Crippen LogP contribution in [-0.2, 0) is 0 Å². The van der Waals surface area contributed by atoms with Crippen molar-refractivity contribution in [3.05, 3.63) is 59.4 Å². The number of nitrogens with zero attached hydrogens (tertiary/aromatic N) is 1. The van der Waals surface area contributed by atoms with Crippen LogP contribution in [0.3, 0.4) is 0 Å². The fourth-order valence-corrected chi connectivity index (χ4v) is 3.66. The number of fused-ring (bicyclic) bond motifs is 1. The van der Waals surface area contributed by atoms with Crippen LogP contribution in [0.4, 0.5) is 5.69 Å². The standard InChI is InChI=1S/C23H25N3/c1-17-8-10-18(11-9-17)12-13-19-16-25-23-21(14-15-24-23)22(19)26-20-6-4-2-3-5-7-20/h8-11,14-16,20H,2-7H2,1H3,(H2,24,25,26). The second kappa shape index (κ2) is 7.66. The van der Waals surface area contributed by atoms with Crippen LogP contribution in [0, 0.1) is 18.8 Å².